The zero-order valence-corrected chi connectivity index (χ0v) is 16.5. The van der Waals surface area contributed by atoms with Crippen LogP contribution in [0.1, 0.15) is 40.5 Å². The molecule has 0 spiro atoms. The lowest BCUT2D eigenvalue weighted by atomic mass is 9.97. The van der Waals surface area contributed by atoms with Crippen LogP contribution >= 0.6 is 0 Å². The van der Waals surface area contributed by atoms with Gasteiger partial charge in [0.2, 0.25) is 17.7 Å². The van der Waals surface area contributed by atoms with Gasteiger partial charge in [-0.15, -0.1) is 0 Å². The second kappa shape index (κ2) is 11.9. The molecule has 4 atom stereocenters. The predicted molar refractivity (Wildman–Crippen MR) is 99.0 cm³/mol. The Balaban J connectivity index is 4.90. The minimum Gasteiger partial charge on any atom is -0.481 e. The molecule has 0 heterocycles. The van der Waals surface area contributed by atoms with E-state index in [-0.39, 0.29) is 11.8 Å². The molecule has 0 aliphatic rings. The molecule has 7 N–H and O–H groups in total. The van der Waals surface area contributed by atoms with Gasteiger partial charge in [0.1, 0.15) is 12.1 Å². The summed E-state index contributed by atoms with van der Waals surface area (Å²) in [5.74, 6) is -5.23. The Bertz CT molecular complexity index is 594. The molecule has 0 aliphatic carbocycles. The van der Waals surface area contributed by atoms with Crippen molar-refractivity contribution < 1.29 is 34.2 Å². The van der Waals surface area contributed by atoms with E-state index in [1.807, 2.05) is 0 Å². The highest BCUT2D eigenvalue weighted by Gasteiger charge is 2.29. The van der Waals surface area contributed by atoms with Gasteiger partial charge in [0.15, 0.2) is 0 Å². The molecule has 0 rings (SSSR count). The average molecular weight is 402 g/mol. The molecule has 0 saturated carbocycles. The monoisotopic (exact) mass is 402 g/mol. The fraction of sp³-hybridized carbons (Fsp3) is 0.706. The number of carbonyl (C=O) groups excluding carboxylic acids is 3. The van der Waals surface area contributed by atoms with Crippen LogP contribution in [-0.4, -0.2) is 64.5 Å². The maximum absolute atomic E-state index is 12.4. The van der Waals surface area contributed by atoms with Crippen molar-refractivity contribution in [3.8, 4) is 0 Å². The first kappa shape index (κ1) is 25.3. The van der Waals surface area contributed by atoms with Gasteiger partial charge in [-0.25, -0.2) is 4.79 Å². The summed E-state index contributed by atoms with van der Waals surface area (Å²) >= 11 is 0. The predicted octanol–water partition coefficient (Wildman–Crippen LogP) is -1.34. The summed E-state index contributed by atoms with van der Waals surface area (Å²) in [6, 6.07) is -3.43. The number of carboxylic acid groups (broad SMARTS) is 2. The zero-order chi connectivity index (χ0) is 22.0. The Morgan fingerprint density at radius 2 is 1.50 bits per heavy atom. The maximum atomic E-state index is 12.4. The Hall–Kier alpha value is -2.69. The highest BCUT2D eigenvalue weighted by Crippen LogP contribution is 2.08. The fourth-order valence-electron chi connectivity index (χ4n) is 2.26. The van der Waals surface area contributed by atoms with E-state index in [9.17, 15) is 24.0 Å². The Labute approximate surface area is 163 Å². The van der Waals surface area contributed by atoms with Crippen molar-refractivity contribution in [3.63, 3.8) is 0 Å². The lowest BCUT2D eigenvalue weighted by Crippen LogP contribution is -2.56. The number of nitrogens with one attached hydrogen (secondary N) is 3. The van der Waals surface area contributed by atoms with Crippen molar-refractivity contribution in [2.45, 2.75) is 58.7 Å². The summed E-state index contributed by atoms with van der Waals surface area (Å²) in [6.45, 7) is 6.28. The molecule has 0 fully saturated rings. The van der Waals surface area contributed by atoms with Gasteiger partial charge in [0, 0.05) is 0 Å². The first-order chi connectivity index (χ1) is 12.9. The highest BCUT2D eigenvalue weighted by molar-refractivity contribution is 5.93. The van der Waals surface area contributed by atoms with E-state index in [0.29, 0.717) is 6.42 Å². The molecule has 0 aromatic carbocycles. The van der Waals surface area contributed by atoms with Crippen LogP contribution in [0.4, 0.5) is 0 Å². The number of carbonyl (C=O) groups is 5. The second-order valence-electron chi connectivity index (χ2n) is 6.92. The van der Waals surface area contributed by atoms with Gasteiger partial charge >= 0.3 is 11.9 Å². The summed E-state index contributed by atoms with van der Waals surface area (Å²) in [6.07, 6.45) is -0.0674. The van der Waals surface area contributed by atoms with Gasteiger partial charge in [-0.3, -0.25) is 19.2 Å². The Morgan fingerprint density at radius 3 is 1.93 bits per heavy atom. The molecular weight excluding hydrogens is 372 g/mol. The van der Waals surface area contributed by atoms with E-state index < -0.39 is 60.8 Å². The number of aliphatic carboxylic acids is 2. The fourth-order valence-corrected chi connectivity index (χ4v) is 2.26. The third-order valence-corrected chi connectivity index (χ3v) is 4.20. The van der Waals surface area contributed by atoms with Gasteiger partial charge in [0.25, 0.3) is 0 Å². The highest BCUT2D eigenvalue weighted by atomic mass is 16.4. The third kappa shape index (κ3) is 8.80. The number of nitrogens with two attached hydrogens (primary N) is 1. The quantitative estimate of drug-likeness (QED) is 0.231. The van der Waals surface area contributed by atoms with Crippen LogP contribution in [0.5, 0.6) is 0 Å². The van der Waals surface area contributed by atoms with Crippen LogP contribution in [0.2, 0.25) is 0 Å². The molecular formula is C17H30N4O7. The van der Waals surface area contributed by atoms with Gasteiger partial charge in [-0.05, 0) is 11.8 Å². The van der Waals surface area contributed by atoms with Crippen LogP contribution in [0.3, 0.4) is 0 Å². The van der Waals surface area contributed by atoms with E-state index >= 15 is 0 Å². The normalized spacial score (nSPS) is 15.1. The molecule has 28 heavy (non-hydrogen) atoms. The van der Waals surface area contributed by atoms with Crippen LogP contribution in [-0.2, 0) is 24.0 Å². The Kier molecular flexibility index (Phi) is 10.8. The molecule has 11 heteroatoms. The largest absolute Gasteiger partial charge is 0.481 e. The summed E-state index contributed by atoms with van der Waals surface area (Å²) in [4.78, 5) is 58.1. The van der Waals surface area contributed by atoms with Gasteiger partial charge in [-0.1, -0.05) is 34.1 Å². The molecule has 0 aromatic rings. The van der Waals surface area contributed by atoms with E-state index in [2.05, 4.69) is 16.0 Å². The first-order valence-corrected chi connectivity index (χ1v) is 8.98. The summed E-state index contributed by atoms with van der Waals surface area (Å²) in [7, 11) is 0. The number of rotatable bonds is 12. The number of carboxylic acids is 2. The smallest absolute Gasteiger partial charge is 0.326 e. The first-order valence-electron chi connectivity index (χ1n) is 8.98. The Morgan fingerprint density at radius 1 is 0.929 bits per heavy atom. The summed E-state index contributed by atoms with van der Waals surface area (Å²) in [5, 5.41) is 24.8. The lowest BCUT2D eigenvalue weighted by Gasteiger charge is -2.25. The molecule has 160 valence electrons. The molecule has 0 aromatic heterocycles. The molecule has 4 unspecified atom stereocenters. The van der Waals surface area contributed by atoms with E-state index in [0.717, 1.165) is 0 Å². The zero-order valence-electron chi connectivity index (χ0n) is 16.5. The minimum atomic E-state index is -1.32. The van der Waals surface area contributed by atoms with E-state index in [1.165, 1.54) is 0 Å². The SMILES string of the molecule is CCC(C)C(NC(=O)C(N)CC(=O)O)C(=O)NCC(=O)NC(C(=O)O)C(C)C. The molecule has 3 amide bonds. The standard InChI is InChI=1S/C17H30N4O7/c1-5-9(4)14(21-15(25)10(18)6-12(23)24)16(26)19-7-11(22)20-13(8(2)3)17(27)28/h8-10,13-14H,5-7,18H2,1-4H3,(H,19,26)(H,20,22)(H,21,25)(H,23,24)(H,27,28). The topological polar surface area (TPSA) is 188 Å². The third-order valence-electron chi connectivity index (χ3n) is 4.20. The minimum absolute atomic E-state index is 0.313. The van der Waals surface area contributed by atoms with Gasteiger partial charge < -0.3 is 31.9 Å². The molecule has 0 saturated heterocycles. The van der Waals surface area contributed by atoms with Gasteiger partial charge in [-0.2, -0.15) is 0 Å². The second-order valence-corrected chi connectivity index (χ2v) is 6.92. The van der Waals surface area contributed by atoms with Crippen molar-refractivity contribution in [3.05, 3.63) is 0 Å². The van der Waals surface area contributed by atoms with Crippen molar-refractivity contribution >= 4 is 29.7 Å². The summed E-state index contributed by atoms with van der Waals surface area (Å²) < 4.78 is 0. The number of amides is 3. The number of hydrogen-bond donors (Lipinski definition) is 6. The lowest BCUT2D eigenvalue weighted by molar-refractivity contribution is -0.143. The van der Waals surface area contributed by atoms with Crippen molar-refractivity contribution in [1.82, 2.24) is 16.0 Å². The van der Waals surface area contributed by atoms with E-state index in [1.54, 1.807) is 27.7 Å². The molecule has 0 bridgehead atoms. The van der Waals surface area contributed by atoms with Crippen molar-refractivity contribution in [2.24, 2.45) is 17.6 Å². The van der Waals surface area contributed by atoms with E-state index in [4.69, 9.17) is 15.9 Å². The number of hydrogen-bond acceptors (Lipinski definition) is 6. The molecule has 11 nitrogen and oxygen atoms in total. The van der Waals surface area contributed by atoms with Gasteiger partial charge in [0.05, 0.1) is 19.0 Å². The molecule has 0 aliphatic heterocycles. The maximum Gasteiger partial charge on any atom is 0.326 e. The van der Waals surface area contributed by atoms with Crippen LogP contribution in [0, 0.1) is 11.8 Å². The van der Waals surface area contributed by atoms with Crippen LogP contribution < -0.4 is 21.7 Å². The van der Waals surface area contributed by atoms with Crippen molar-refractivity contribution in [1.29, 1.82) is 0 Å². The average Bonchev–Trinajstić information content (AvgIpc) is 2.59. The van der Waals surface area contributed by atoms with Crippen LogP contribution in [0.25, 0.3) is 0 Å². The molecule has 0 radical (unpaired) electrons. The van der Waals surface area contributed by atoms with Crippen LogP contribution in [0.15, 0.2) is 0 Å². The summed E-state index contributed by atoms with van der Waals surface area (Å²) in [5.41, 5.74) is 5.50. The van der Waals surface area contributed by atoms with Crippen molar-refractivity contribution in [2.75, 3.05) is 6.54 Å².